The summed E-state index contributed by atoms with van der Waals surface area (Å²) < 4.78 is 0. The molecule has 3 aliphatic rings. The van der Waals surface area contributed by atoms with Gasteiger partial charge in [0.05, 0.1) is 0 Å². The monoisotopic (exact) mass is 327 g/mol. The summed E-state index contributed by atoms with van der Waals surface area (Å²) in [7, 11) is 1.80. The lowest BCUT2D eigenvalue weighted by Gasteiger charge is -2.51. The number of aryl methyl sites for hydroxylation is 1. The van der Waals surface area contributed by atoms with Crippen molar-refractivity contribution in [2.75, 3.05) is 17.3 Å². The van der Waals surface area contributed by atoms with Crippen molar-refractivity contribution in [1.82, 2.24) is 5.32 Å². The van der Waals surface area contributed by atoms with Gasteiger partial charge < -0.3 is 15.5 Å². The van der Waals surface area contributed by atoms with Gasteiger partial charge in [-0.25, -0.2) is 4.79 Å². The van der Waals surface area contributed by atoms with Gasteiger partial charge in [-0.1, -0.05) is 6.42 Å². The molecule has 0 radical (unpaired) electrons. The zero-order chi connectivity index (χ0) is 16.7. The van der Waals surface area contributed by atoms with E-state index in [0.29, 0.717) is 12.3 Å². The molecule has 0 spiro atoms. The molecule has 2 aliphatic carbocycles. The van der Waals surface area contributed by atoms with E-state index in [0.717, 1.165) is 36.2 Å². The Balaban J connectivity index is 1.44. The number of hydrogen-bond acceptors (Lipinski definition) is 2. The van der Waals surface area contributed by atoms with E-state index >= 15 is 0 Å². The van der Waals surface area contributed by atoms with Gasteiger partial charge in [0.15, 0.2) is 0 Å². The first kappa shape index (κ1) is 15.5. The van der Waals surface area contributed by atoms with Crippen molar-refractivity contribution in [3.05, 3.63) is 23.8 Å². The molecule has 0 saturated heterocycles. The third-order valence-corrected chi connectivity index (χ3v) is 6.18. The Morgan fingerprint density at radius 2 is 2.00 bits per heavy atom. The van der Waals surface area contributed by atoms with Gasteiger partial charge in [-0.3, -0.25) is 4.79 Å². The third kappa shape index (κ3) is 2.56. The molecule has 24 heavy (non-hydrogen) atoms. The maximum Gasteiger partial charge on any atom is 0.319 e. The second-order valence-electron chi connectivity index (χ2n) is 7.51. The van der Waals surface area contributed by atoms with Gasteiger partial charge in [0, 0.05) is 30.4 Å². The number of rotatable bonds is 3. The molecule has 0 unspecified atom stereocenters. The normalized spacial score (nSPS) is 22.2. The van der Waals surface area contributed by atoms with Crippen LogP contribution in [0.5, 0.6) is 0 Å². The molecule has 5 nitrogen and oxygen atoms in total. The molecule has 1 aliphatic heterocycles. The number of fused-ring (bicyclic) bond motifs is 1. The molecule has 0 bridgehead atoms. The van der Waals surface area contributed by atoms with E-state index in [1.54, 1.807) is 11.9 Å². The van der Waals surface area contributed by atoms with Gasteiger partial charge in [0.2, 0.25) is 5.91 Å². The van der Waals surface area contributed by atoms with Gasteiger partial charge >= 0.3 is 6.03 Å². The lowest BCUT2D eigenvalue weighted by molar-refractivity contribution is -0.118. The van der Waals surface area contributed by atoms with Crippen LogP contribution in [0.25, 0.3) is 0 Å². The van der Waals surface area contributed by atoms with Crippen molar-refractivity contribution in [2.45, 2.75) is 56.9 Å². The Labute approximate surface area is 142 Å². The lowest BCUT2D eigenvalue weighted by atomic mass is 9.61. The van der Waals surface area contributed by atoms with Gasteiger partial charge in [-0.2, -0.15) is 0 Å². The van der Waals surface area contributed by atoms with Crippen LogP contribution in [-0.4, -0.2) is 24.5 Å². The number of urea groups is 1. The number of carbonyl (C=O) groups is 2. The largest absolute Gasteiger partial charge is 0.332 e. The van der Waals surface area contributed by atoms with Crippen molar-refractivity contribution >= 4 is 23.3 Å². The van der Waals surface area contributed by atoms with E-state index in [1.807, 2.05) is 18.2 Å². The predicted molar refractivity (Wildman–Crippen MR) is 94.3 cm³/mol. The van der Waals surface area contributed by atoms with E-state index < -0.39 is 0 Å². The van der Waals surface area contributed by atoms with Gasteiger partial charge in [0.25, 0.3) is 0 Å². The number of nitrogens with zero attached hydrogens (tertiary/aromatic N) is 1. The number of benzene rings is 1. The topological polar surface area (TPSA) is 61.4 Å². The minimum absolute atomic E-state index is 0.0448. The van der Waals surface area contributed by atoms with Crippen LogP contribution >= 0.6 is 0 Å². The van der Waals surface area contributed by atoms with Crippen molar-refractivity contribution in [3.8, 4) is 0 Å². The number of nitrogens with one attached hydrogen (secondary N) is 2. The first-order valence-electron chi connectivity index (χ1n) is 9.06. The van der Waals surface area contributed by atoms with Crippen LogP contribution < -0.4 is 15.5 Å². The smallest absolute Gasteiger partial charge is 0.319 e. The van der Waals surface area contributed by atoms with E-state index in [4.69, 9.17) is 0 Å². The number of carbonyl (C=O) groups excluding carboxylic acids is 2. The zero-order valence-corrected chi connectivity index (χ0v) is 14.2. The highest BCUT2D eigenvalue weighted by Gasteiger charge is 2.47. The van der Waals surface area contributed by atoms with E-state index in [2.05, 4.69) is 10.6 Å². The fraction of sp³-hybridized carbons (Fsp3) is 0.579. The van der Waals surface area contributed by atoms with Crippen LogP contribution in [-0.2, 0) is 11.2 Å². The summed E-state index contributed by atoms with van der Waals surface area (Å²) in [5.41, 5.74) is 2.91. The highest BCUT2D eigenvalue weighted by molar-refractivity contribution is 5.97. The molecule has 2 fully saturated rings. The van der Waals surface area contributed by atoms with E-state index in [-0.39, 0.29) is 17.5 Å². The first-order chi connectivity index (χ1) is 11.6. The summed E-state index contributed by atoms with van der Waals surface area (Å²) in [6.07, 6.45) is 8.51. The van der Waals surface area contributed by atoms with Crippen LogP contribution in [0.3, 0.4) is 0 Å². The third-order valence-electron chi connectivity index (χ3n) is 6.18. The molecule has 5 heteroatoms. The van der Waals surface area contributed by atoms with Crippen molar-refractivity contribution < 1.29 is 9.59 Å². The average molecular weight is 327 g/mol. The number of anilines is 2. The quantitative estimate of drug-likeness (QED) is 0.893. The SMILES string of the molecule is CN1C(=O)CCc2cc(NC(=O)NC3(C4CCC4)CCC3)ccc21. The lowest BCUT2D eigenvalue weighted by Crippen LogP contribution is -2.60. The van der Waals surface area contributed by atoms with Crippen molar-refractivity contribution in [1.29, 1.82) is 0 Å². The second-order valence-corrected chi connectivity index (χ2v) is 7.51. The fourth-order valence-electron chi connectivity index (χ4n) is 4.28. The minimum Gasteiger partial charge on any atom is -0.332 e. The molecule has 128 valence electrons. The van der Waals surface area contributed by atoms with E-state index in [1.165, 1.54) is 25.7 Å². The van der Waals surface area contributed by atoms with Crippen molar-refractivity contribution in [2.24, 2.45) is 5.92 Å². The Morgan fingerprint density at radius 3 is 2.62 bits per heavy atom. The summed E-state index contributed by atoms with van der Waals surface area (Å²) in [5.74, 6) is 0.813. The molecule has 1 aromatic carbocycles. The molecule has 1 aromatic rings. The molecule has 3 amide bonds. The van der Waals surface area contributed by atoms with Gasteiger partial charge in [-0.05, 0) is 68.2 Å². The van der Waals surface area contributed by atoms with Gasteiger partial charge in [-0.15, -0.1) is 0 Å². The zero-order valence-electron chi connectivity index (χ0n) is 14.2. The Morgan fingerprint density at radius 1 is 1.21 bits per heavy atom. The molecular weight excluding hydrogens is 302 g/mol. The highest BCUT2D eigenvalue weighted by atomic mass is 16.2. The molecule has 1 heterocycles. The number of hydrogen-bond donors (Lipinski definition) is 2. The van der Waals surface area contributed by atoms with Crippen LogP contribution in [0.4, 0.5) is 16.2 Å². The van der Waals surface area contributed by atoms with E-state index in [9.17, 15) is 9.59 Å². The first-order valence-corrected chi connectivity index (χ1v) is 9.06. The Bertz CT molecular complexity index is 677. The van der Waals surface area contributed by atoms with Crippen molar-refractivity contribution in [3.63, 3.8) is 0 Å². The average Bonchev–Trinajstić information content (AvgIpc) is 2.47. The fourth-order valence-corrected chi connectivity index (χ4v) is 4.28. The summed E-state index contributed by atoms with van der Waals surface area (Å²) in [4.78, 5) is 25.9. The second kappa shape index (κ2) is 5.80. The standard InChI is InChI=1S/C19H25N3O2/c1-22-16-8-7-15(12-13(16)6-9-17(22)23)20-18(24)21-19(10-3-11-19)14-4-2-5-14/h7-8,12,14H,2-6,9-11H2,1H3,(H2,20,21,24). The summed E-state index contributed by atoms with van der Waals surface area (Å²) >= 11 is 0. The molecule has 4 rings (SSSR count). The van der Waals surface area contributed by atoms with Crippen LogP contribution in [0.2, 0.25) is 0 Å². The van der Waals surface area contributed by atoms with Crippen LogP contribution in [0.1, 0.15) is 50.5 Å². The Hall–Kier alpha value is -2.04. The molecular formula is C19H25N3O2. The Kier molecular flexibility index (Phi) is 3.74. The number of amides is 3. The maximum absolute atomic E-state index is 12.5. The highest BCUT2D eigenvalue weighted by Crippen LogP contribution is 2.47. The van der Waals surface area contributed by atoms with Gasteiger partial charge in [0.1, 0.15) is 0 Å². The summed E-state index contributed by atoms with van der Waals surface area (Å²) in [6, 6.07) is 5.70. The molecule has 2 N–H and O–H groups in total. The van der Waals surface area contributed by atoms with Crippen LogP contribution in [0, 0.1) is 5.92 Å². The predicted octanol–water partition coefficient (Wildman–Crippen LogP) is 3.44. The summed E-state index contributed by atoms with van der Waals surface area (Å²) in [5, 5.41) is 6.25. The minimum atomic E-state index is -0.0956. The van der Waals surface area contributed by atoms with Crippen LogP contribution in [0.15, 0.2) is 18.2 Å². The summed E-state index contributed by atoms with van der Waals surface area (Å²) in [6.45, 7) is 0. The molecule has 0 aromatic heterocycles. The maximum atomic E-state index is 12.5. The molecule has 2 saturated carbocycles. The molecule has 0 atom stereocenters.